The Morgan fingerprint density at radius 3 is 2.11 bits per heavy atom. The first-order chi connectivity index (χ1) is 8.70. The molecule has 1 aromatic heterocycles. The first-order valence-corrected chi connectivity index (χ1v) is 5.71. The van der Waals surface area contributed by atoms with E-state index < -0.39 is 17.5 Å². The zero-order valence-corrected chi connectivity index (χ0v) is 10.8. The lowest BCUT2D eigenvalue weighted by Gasteiger charge is -2.14. The Bertz CT molecular complexity index is 627. The Labute approximate surface area is 108 Å². The number of hydrogen-bond donors (Lipinski definition) is 1. The average molecular weight is 269 g/mol. The van der Waals surface area contributed by atoms with Gasteiger partial charge in [-0.05, 0) is 0 Å². The van der Waals surface area contributed by atoms with Crippen LogP contribution < -0.4 is 5.73 Å². The number of halogens is 3. The molecule has 3 nitrogen and oxygen atoms in total. The van der Waals surface area contributed by atoms with E-state index in [1.165, 1.54) is 0 Å². The average Bonchev–Trinajstić information content (AvgIpc) is 2.65. The number of nitrogens with two attached hydrogens (primary N) is 1. The van der Waals surface area contributed by atoms with E-state index in [4.69, 9.17) is 5.73 Å². The SMILES string of the molecule is CC(C)(C)c1cc(N)n(-c2cc(F)c(F)cc2F)n1. The molecule has 0 bridgehead atoms. The van der Waals surface area contributed by atoms with Crippen LogP contribution in [0.25, 0.3) is 5.69 Å². The Morgan fingerprint density at radius 2 is 1.58 bits per heavy atom. The normalized spacial score (nSPS) is 11.9. The van der Waals surface area contributed by atoms with Gasteiger partial charge >= 0.3 is 0 Å². The van der Waals surface area contributed by atoms with Crippen LogP contribution >= 0.6 is 0 Å². The van der Waals surface area contributed by atoms with Gasteiger partial charge < -0.3 is 5.73 Å². The van der Waals surface area contributed by atoms with Crippen LogP contribution in [0.15, 0.2) is 18.2 Å². The molecule has 1 heterocycles. The summed E-state index contributed by atoms with van der Waals surface area (Å²) in [4.78, 5) is 0. The summed E-state index contributed by atoms with van der Waals surface area (Å²) in [6.45, 7) is 5.75. The first-order valence-electron chi connectivity index (χ1n) is 5.71. The van der Waals surface area contributed by atoms with Gasteiger partial charge in [-0.25, -0.2) is 17.9 Å². The van der Waals surface area contributed by atoms with Crippen molar-refractivity contribution in [1.82, 2.24) is 9.78 Å². The standard InChI is InChI=1S/C13H14F3N3/c1-13(2,3)11-6-12(17)19(18-11)10-5-8(15)7(14)4-9(10)16/h4-6H,17H2,1-3H3. The highest BCUT2D eigenvalue weighted by atomic mass is 19.2. The molecular formula is C13H14F3N3. The largest absolute Gasteiger partial charge is 0.384 e. The van der Waals surface area contributed by atoms with Gasteiger partial charge in [0.25, 0.3) is 0 Å². The van der Waals surface area contributed by atoms with Gasteiger partial charge in [0.15, 0.2) is 17.5 Å². The molecule has 2 aromatic rings. The van der Waals surface area contributed by atoms with Gasteiger partial charge in [-0.3, -0.25) is 0 Å². The third-order valence-electron chi connectivity index (χ3n) is 2.72. The predicted octanol–water partition coefficient (Wildman–Crippen LogP) is 3.17. The number of anilines is 1. The van der Waals surface area contributed by atoms with Crippen LogP contribution in [0.3, 0.4) is 0 Å². The Hall–Kier alpha value is -1.98. The van der Waals surface area contributed by atoms with Gasteiger partial charge in [0.05, 0.1) is 5.69 Å². The van der Waals surface area contributed by atoms with Crippen LogP contribution in [0, 0.1) is 17.5 Å². The summed E-state index contributed by atoms with van der Waals surface area (Å²) < 4.78 is 40.8. The van der Waals surface area contributed by atoms with E-state index >= 15 is 0 Å². The molecule has 0 aliphatic rings. The minimum absolute atomic E-state index is 0.162. The fourth-order valence-corrected chi connectivity index (χ4v) is 1.63. The van der Waals surface area contributed by atoms with Crippen LogP contribution in [-0.4, -0.2) is 9.78 Å². The minimum Gasteiger partial charge on any atom is -0.384 e. The smallest absolute Gasteiger partial charge is 0.161 e. The Kier molecular flexibility index (Phi) is 3.04. The topological polar surface area (TPSA) is 43.8 Å². The van der Waals surface area contributed by atoms with E-state index in [0.717, 1.165) is 10.7 Å². The van der Waals surface area contributed by atoms with Crippen LogP contribution in [0.4, 0.5) is 19.0 Å². The molecule has 2 rings (SSSR count). The third-order valence-corrected chi connectivity index (χ3v) is 2.72. The van der Waals surface area contributed by atoms with E-state index in [2.05, 4.69) is 5.10 Å². The number of rotatable bonds is 1. The van der Waals surface area contributed by atoms with E-state index in [1.807, 2.05) is 20.8 Å². The van der Waals surface area contributed by atoms with E-state index in [0.29, 0.717) is 11.8 Å². The molecular weight excluding hydrogens is 255 g/mol. The third kappa shape index (κ3) is 2.43. The van der Waals surface area contributed by atoms with Gasteiger partial charge in [-0.2, -0.15) is 5.10 Å². The lowest BCUT2D eigenvalue weighted by atomic mass is 9.92. The maximum Gasteiger partial charge on any atom is 0.161 e. The number of nitrogen functional groups attached to an aromatic ring is 1. The van der Waals surface area contributed by atoms with Crippen molar-refractivity contribution in [3.05, 3.63) is 41.3 Å². The van der Waals surface area contributed by atoms with Crippen LogP contribution in [0.1, 0.15) is 26.5 Å². The first kappa shape index (κ1) is 13.5. The van der Waals surface area contributed by atoms with Gasteiger partial charge in [0.2, 0.25) is 0 Å². The zero-order valence-electron chi connectivity index (χ0n) is 10.8. The molecule has 1 aromatic carbocycles. The molecule has 0 saturated carbocycles. The van der Waals surface area contributed by atoms with Crippen molar-refractivity contribution in [1.29, 1.82) is 0 Å². The highest BCUT2D eigenvalue weighted by Gasteiger charge is 2.21. The zero-order chi connectivity index (χ0) is 14.4. The second-order valence-electron chi connectivity index (χ2n) is 5.33. The quantitative estimate of drug-likeness (QED) is 0.808. The van der Waals surface area contributed by atoms with E-state index in [9.17, 15) is 13.2 Å². The molecule has 0 aliphatic carbocycles. The molecule has 0 atom stereocenters. The minimum atomic E-state index is -1.25. The number of aromatic nitrogens is 2. The summed E-state index contributed by atoms with van der Waals surface area (Å²) in [5.41, 5.74) is 5.88. The van der Waals surface area contributed by atoms with Crippen LogP contribution in [0.2, 0.25) is 0 Å². The molecule has 102 valence electrons. The Balaban J connectivity index is 2.60. The number of benzene rings is 1. The molecule has 0 saturated heterocycles. The van der Waals surface area contributed by atoms with Crippen molar-refractivity contribution in [2.24, 2.45) is 0 Å². The second kappa shape index (κ2) is 4.29. The Morgan fingerprint density at radius 1 is 1.00 bits per heavy atom. The summed E-state index contributed by atoms with van der Waals surface area (Å²) in [6.07, 6.45) is 0. The molecule has 0 radical (unpaired) electrons. The van der Waals surface area contributed by atoms with E-state index in [-0.39, 0.29) is 16.9 Å². The highest BCUT2D eigenvalue weighted by Crippen LogP contribution is 2.26. The second-order valence-corrected chi connectivity index (χ2v) is 5.33. The summed E-state index contributed by atoms with van der Waals surface area (Å²) in [6, 6.07) is 2.80. The van der Waals surface area contributed by atoms with Crippen LogP contribution in [-0.2, 0) is 5.41 Å². The molecule has 0 fully saturated rings. The lowest BCUT2D eigenvalue weighted by molar-refractivity contribution is 0.490. The van der Waals surface area contributed by atoms with E-state index in [1.54, 1.807) is 6.07 Å². The van der Waals surface area contributed by atoms with Crippen molar-refractivity contribution in [2.75, 3.05) is 5.73 Å². The van der Waals surface area contributed by atoms with Gasteiger partial charge in [-0.1, -0.05) is 20.8 Å². The predicted molar refractivity (Wildman–Crippen MR) is 66.6 cm³/mol. The molecule has 0 spiro atoms. The molecule has 19 heavy (non-hydrogen) atoms. The van der Waals surface area contributed by atoms with Crippen LogP contribution in [0.5, 0.6) is 0 Å². The molecule has 2 N–H and O–H groups in total. The van der Waals surface area contributed by atoms with Gasteiger partial charge in [0, 0.05) is 23.6 Å². The van der Waals surface area contributed by atoms with Crippen molar-refractivity contribution >= 4 is 5.82 Å². The monoisotopic (exact) mass is 269 g/mol. The van der Waals surface area contributed by atoms with Gasteiger partial charge in [-0.15, -0.1) is 0 Å². The number of hydrogen-bond acceptors (Lipinski definition) is 2. The maximum absolute atomic E-state index is 13.7. The maximum atomic E-state index is 13.7. The molecule has 0 aliphatic heterocycles. The van der Waals surface area contributed by atoms with Crippen molar-refractivity contribution in [2.45, 2.75) is 26.2 Å². The van der Waals surface area contributed by atoms with Gasteiger partial charge in [0.1, 0.15) is 11.5 Å². The van der Waals surface area contributed by atoms with Crippen molar-refractivity contribution in [3.63, 3.8) is 0 Å². The van der Waals surface area contributed by atoms with Crippen molar-refractivity contribution in [3.8, 4) is 5.69 Å². The fourth-order valence-electron chi connectivity index (χ4n) is 1.63. The molecule has 0 amide bonds. The summed E-state index contributed by atoms with van der Waals surface area (Å²) >= 11 is 0. The summed E-state index contributed by atoms with van der Waals surface area (Å²) in [5, 5.41) is 4.15. The summed E-state index contributed by atoms with van der Waals surface area (Å²) in [5.74, 6) is -3.16. The fraction of sp³-hybridized carbons (Fsp3) is 0.308. The summed E-state index contributed by atoms with van der Waals surface area (Å²) in [7, 11) is 0. The molecule has 6 heteroatoms. The van der Waals surface area contributed by atoms with Crippen molar-refractivity contribution < 1.29 is 13.2 Å². The molecule has 0 unspecified atom stereocenters. The lowest BCUT2D eigenvalue weighted by Crippen LogP contribution is -2.13. The number of nitrogens with zero attached hydrogens (tertiary/aromatic N) is 2. The highest BCUT2D eigenvalue weighted by molar-refractivity contribution is 5.45.